The molecule has 0 aliphatic rings. The molecule has 1 atom stereocenters. The first-order valence-corrected chi connectivity index (χ1v) is 5.27. The number of aromatic amines is 1. The van der Waals surface area contributed by atoms with Crippen LogP contribution in [0.1, 0.15) is 29.1 Å². The number of H-pyrrole nitrogens is 1. The van der Waals surface area contributed by atoms with Crippen LogP contribution in [0.4, 0.5) is 11.4 Å². The molecule has 0 aliphatic carbocycles. The number of primary amides is 1. The molecule has 0 saturated carbocycles. The number of aromatic nitrogens is 4. The number of carbonyl (C=O) groups excluding carboxylic acids is 1. The van der Waals surface area contributed by atoms with E-state index in [9.17, 15) is 4.79 Å². The number of rotatable bonds is 4. The number of tetrazole rings is 1. The minimum absolute atomic E-state index is 0.233. The number of hydrogen-bond acceptors (Lipinski definition) is 6. The van der Waals surface area contributed by atoms with E-state index in [1.807, 2.05) is 6.92 Å². The molecule has 1 aromatic carbocycles. The fraction of sp³-hybridized carbons (Fsp3) is 0.200. The zero-order valence-corrected chi connectivity index (χ0v) is 9.71. The fourth-order valence-corrected chi connectivity index (χ4v) is 1.55. The molecule has 1 amide bonds. The van der Waals surface area contributed by atoms with E-state index in [-0.39, 0.29) is 6.04 Å². The van der Waals surface area contributed by atoms with Crippen molar-refractivity contribution in [3.8, 4) is 0 Å². The Morgan fingerprint density at radius 3 is 2.89 bits per heavy atom. The van der Waals surface area contributed by atoms with Gasteiger partial charge in [0.15, 0.2) is 5.82 Å². The van der Waals surface area contributed by atoms with Gasteiger partial charge in [-0.05, 0) is 25.1 Å². The Morgan fingerprint density at radius 1 is 1.50 bits per heavy atom. The number of nitrogens with one attached hydrogen (secondary N) is 2. The van der Waals surface area contributed by atoms with E-state index < -0.39 is 5.91 Å². The van der Waals surface area contributed by atoms with Gasteiger partial charge in [0.2, 0.25) is 0 Å². The smallest absolute Gasteiger partial charge is 0.250 e. The Bertz CT molecular complexity index is 551. The zero-order chi connectivity index (χ0) is 13.1. The van der Waals surface area contributed by atoms with Gasteiger partial charge in [-0.1, -0.05) is 5.21 Å². The lowest BCUT2D eigenvalue weighted by molar-refractivity contribution is 0.100. The Labute approximate surface area is 103 Å². The summed E-state index contributed by atoms with van der Waals surface area (Å²) in [5.41, 5.74) is 12.4. The van der Waals surface area contributed by atoms with Gasteiger partial charge in [-0.15, -0.1) is 10.2 Å². The summed E-state index contributed by atoms with van der Waals surface area (Å²) in [5, 5.41) is 16.6. The van der Waals surface area contributed by atoms with Crippen molar-refractivity contribution in [3.05, 3.63) is 29.6 Å². The minimum Gasteiger partial charge on any atom is -0.399 e. The molecule has 8 nitrogen and oxygen atoms in total. The van der Waals surface area contributed by atoms with Gasteiger partial charge in [0.05, 0.1) is 11.6 Å². The molecule has 1 unspecified atom stereocenters. The van der Waals surface area contributed by atoms with Gasteiger partial charge in [-0.25, -0.2) is 0 Å². The summed E-state index contributed by atoms with van der Waals surface area (Å²) in [7, 11) is 0. The molecule has 1 aromatic heterocycles. The molecule has 1 heterocycles. The molecule has 0 fully saturated rings. The Morgan fingerprint density at radius 2 is 2.28 bits per heavy atom. The first-order valence-electron chi connectivity index (χ1n) is 5.27. The fourth-order valence-electron chi connectivity index (χ4n) is 1.55. The molecule has 94 valence electrons. The molecule has 0 spiro atoms. The van der Waals surface area contributed by atoms with Gasteiger partial charge in [0, 0.05) is 11.4 Å². The van der Waals surface area contributed by atoms with Crippen LogP contribution in [0, 0.1) is 0 Å². The predicted molar refractivity (Wildman–Crippen MR) is 65.6 cm³/mol. The van der Waals surface area contributed by atoms with Crippen LogP contribution in [0.2, 0.25) is 0 Å². The molecular weight excluding hydrogens is 234 g/mol. The Kier molecular flexibility index (Phi) is 3.09. The normalized spacial score (nSPS) is 12.1. The van der Waals surface area contributed by atoms with Crippen molar-refractivity contribution in [1.82, 2.24) is 20.6 Å². The van der Waals surface area contributed by atoms with E-state index in [2.05, 4.69) is 25.9 Å². The van der Waals surface area contributed by atoms with Crippen LogP contribution in [0.3, 0.4) is 0 Å². The molecule has 2 rings (SSSR count). The first-order chi connectivity index (χ1) is 8.58. The molecule has 6 N–H and O–H groups in total. The number of hydrogen-bond donors (Lipinski definition) is 4. The third-order valence-electron chi connectivity index (χ3n) is 2.43. The number of nitrogens with two attached hydrogens (primary N) is 2. The van der Waals surface area contributed by atoms with Crippen molar-refractivity contribution in [1.29, 1.82) is 0 Å². The molecule has 0 radical (unpaired) electrons. The number of nitrogen functional groups attached to an aromatic ring is 1. The number of amides is 1. The van der Waals surface area contributed by atoms with Crippen LogP contribution in [0.15, 0.2) is 18.2 Å². The molecular formula is C10H13N7O. The van der Waals surface area contributed by atoms with Gasteiger partial charge < -0.3 is 16.8 Å². The van der Waals surface area contributed by atoms with Gasteiger partial charge >= 0.3 is 0 Å². The maximum absolute atomic E-state index is 11.3. The summed E-state index contributed by atoms with van der Waals surface area (Å²) in [5.74, 6) is -0.0503. The lowest BCUT2D eigenvalue weighted by Crippen LogP contribution is -2.17. The third-order valence-corrected chi connectivity index (χ3v) is 2.43. The summed E-state index contributed by atoms with van der Waals surface area (Å²) < 4.78 is 0. The molecule has 18 heavy (non-hydrogen) atoms. The third kappa shape index (κ3) is 2.37. The second kappa shape index (κ2) is 4.70. The summed E-state index contributed by atoms with van der Waals surface area (Å²) in [6.07, 6.45) is 0. The first kappa shape index (κ1) is 11.8. The number of nitrogens with zero attached hydrogens (tertiary/aromatic N) is 3. The van der Waals surface area contributed by atoms with E-state index in [1.54, 1.807) is 18.2 Å². The predicted octanol–water partition coefficient (Wildman–Crippen LogP) is 0.0539. The summed E-state index contributed by atoms with van der Waals surface area (Å²) in [6, 6.07) is 4.59. The number of carbonyl (C=O) groups is 1. The monoisotopic (exact) mass is 247 g/mol. The SMILES string of the molecule is CC(Nc1cc(N)ccc1C(N)=O)c1nn[nH]n1. The lowest BCUT2D eigenvalue weighted by Gasteiger charge is -2.14. The zero-order valence-electron chi connectivity index (χ0n) is 9.71. The standard InChI is InChI=1S/C10H13N7O/c1-5(10-14-16-17-15-10)13-8-4-6(11)2-3-7(8)9(12)18/h2-5,13H,11H2,1H3,(H2,12,18)(H,14,15,16,17). The average molecular weight is 247 g/mol. The minimum atomic E-state index is -0.530. The molecule has 2 aromatic rings. The van der Waals surface area contributed by atoms with E-state index in [0.717, 1.165) is 0 Å². The quantitative estimate of drug-likeness (QED) is 0.564. The van der Waals surface area contributed by atoms with Crippen LogP contribution in [-0.4, -0.2) is 26.5 Å². The van der Waals surface area contributed by atoms with Gasteiger partial charge in [-0.3, -0.25) is 4.79 Å². The van der Waals surface area contributed by atoms with Crippen LogP contribution < -0.4 is 16.8 Å². The van der Waals surface area contributed by atoms with Crippen LogP contribution in [0.5, 0.6) is 0 Å². The highest BCUT2D eigenvalue weighted by atomic mass is 16.1. The molecule has 0 bridgehead atoms. The van der Waals surface area contributed by atoms with Crippen molar-refractivity contribution >= 4 is 17.3 Å². The molecule has 0 saturated heterocycles. The van der Waals surface area contributed by atoms with Crippen molar-refractivity contribution in [3.63, 3.8) is 0 Å². The lowest BCUT2D eigenvalue weighted by atomic mass is 10.1. The molecule has 8 heteroatoms. The topological polar surface area (TPSA) is 136 Å². The highest BCUT2D eigenvalue weighted by molar-refractivity contribution is 5.99. The maximum atomic E-state index is 11.3. The average Bonchev–Trinajstić information content (AvgIpc) is 2.81. The Hall–Kier alpha value is -2.64. The van der Waals surface area contributed by atoms with Crippen molar-refractivity contribution in [2.24, 2.45) is 5.73 Å². The van der Waals surface area contributed by atoms with E-state index in [4.69, 9.17) is 11.5 Å². The van der Waals surface area contributed by atoms with Crippen LogP contribution in [-0.2, 0) is 0 Å². The van der Waals surface area contributed by atoms with E-state index >= 15 is 0 Å². The van der Waals surface area contributed by atoms with Gasteiger partial charge in [0.1, 0.15) is 0 Å². The number of anilines is 2. The van der Waals surface area contributed by atoms with Crippen molar-refractivity contribution in [2.45, 2.75) is 13.0 Å². The highest BCUT2D eigenvalue weighted by Gasteiger charge is 2.14. The second-order valence-corrected chi connectivity index (χ2v) is 3.81. The maximum Gasteiger partial charge on any atom is 0.250 e. The summed E-state index contributed by atoms with van der Waals surface area (Å²) in [6.45, 7) is 1.83. The van der Waals surface area contributed by atoms with Crippen LogP contribution >= 0.6 is 0 Å². The highest BCUT2D eigenvalue weighted by Crippen LogP contribution is 2.22. The number of benzene rings is 1. The van der Waals surface area contributed by atoms with Crippen LogP contribution in [0.25, 0.3) is 0 Å². The largest absolute Gasteiger partial charge is 0.399 e. The Balaban J connectivity index is 2.28. The molecule has 0 aliphatic heterocycles. The van der Waals surface area contributed by atoms with Crippen molar-refractivity contribution in [2.75, 3.05) is 11.1 Å². The van der Waals surface area contributed by atoms with Gasteiger partial charge in [-0.2, -0.15) is 5.21 Å². The van der Waals surface area contributed by atoms with Gasteiger partial charge in [0.25, 0.3) is 5.91 Å². The van der Waals surface area contributed by atoms with Crippen molar-refractivity contribution < 1.29 is 4.79 Å². The van der Waals surface area contributed by atoms with E-state index in [0.29, 0.717) is 22.8 Å². The summed E-state index contributed by atoms with van der Waals surface area (Å²) >= 11 is 0. The van der Waals surface area contributed by atoms with E-state index in [1.165, 1.54) is 0 Å². The summed E-state index contributed by atoms with van der Waals surface area (Å²) in [4.78, 5) is 11.3. The second-order valence-electron chi connectivity index (χ2n) is 3.81.